The van der Waals surface area contributed by atoms with E-state index in [1.807, 2.05) is 25.7 Å². The maximum Gasteiger partial charge on any atom is 0.410 e. The zero-order valence-electron chi connectivity index (χ0n) is 20.1. The van der Waals surface area contributed by atoms with Gasteiger partial charge in [0.2, 0.25) is 0 Å². The average Bonchev–Trinajstić information content (AvgIpc) is 3.28. The lowest BCUT2D eigenvalue weighted by Crippen LogP contribution is -2.41. The maximum atomic E-state index is 12.9. The summed E-state index contributed by atoms with van der Waals surface area (Å²) in [5.41, 5.74) is -0.0157. The molecule has 3 heterocycles. The fourth-order valence-electron chi connectivity index (χ4n) is 4.12. The van der Waals surface area contributed by atoms with E-state index in [1.165, 1.54) is 7.11 Å². The molecule has 0 unspecified atom stereocenters. The van der Waals surface area contributed by atoms with E-state index in [0.717, 1.165) is 31.5 Å². The Bertz CT molecular complexity index is 817. The van der Waals surface area contributed by atoms with Gasteiger partial charge in [-0.05, 0) is 46.5 Å². The van der Waals surface area contributed by atoms with Crippen molar-refractivity contribution in [3.8, 4) is 0 Å². The number of methoxy groups -OCH3 is 1. The number of likely N-dealkylation sites (tertiary alicyclic amines) is 2. The number of ether oxygens (including phenoxy) is 3. The van der Waals surface area contributed by atoms with Crippen LogP contribution in [0.3, 0.4) is 0 Å². The van der Waals surface area contributed by atoms with E-state index in [4.69, 9.17) is 9.47 Å². The third-order valence-corrected chi connectivity index (χ3v) is 5.98. The number of imidazole rings is 1. The van der Waals surface area contributed by atoms with Crippen LogP contribution in [0.2, 0.25) is 0 Å². The number of hydrogen-bond donors (Lipinski definition) is 1. The first-order valence-electron chi connectivity index (χ1n) is 11.7. The van der Waals surface area contributed by atoms with E-state index in [-0.39, 0.29) is 36.4 Å². The topological polar surface area (TPSA) is 114 Å². The van der Waals surface area contributed by atoms with Crippen LogP contribution in [0.25, 0.3) is 0 Å². The van der Waals surface area contributed by atoms with Crippen molar-refractivity contribution in [1.82, 2.24) is 19.8 Å². The number of nitrogens with zero attached hydrogens (tertiary/aromatic N) is 3. The molecule has 0 radical (unpaired) electrons. The van der Waals surface area contributed by atoms with Gasteiger partial charge >= 0.3 is 12.1 Å². The zero-order valence-corrected chi connectivity index (χ0v) is 20.1. The third kappa shape index (κ3) is 7.18. The Morgan fingerprint density at radius 1 is 1.06 bits per heavy atom. The highest BCUT2D eigenvalue weighted by Gasteiger charge is 2.30. The van der Waals surface area contributed by atoms with Crippen molar-refractivity contribution >= 4 is 18.0 Å². The monoisotopic (exact) mass is 464 g/mol. The molecular weight excluding hydrogens is 428 g/mol. The van der Waals surface area contributed by atoms with Crippen LogP contribution in [0.4, 0.5) is 4.79 Å². The summed E-state index contributed by atoms with van der Waals surface area (Å²) in [4.78, 5) is 47.5. The molecule has 0 atom stereocenters. The van der Waals surface area contributed by atoms with Gasteiger partial charge in [0.25, 0.3) is 5.91 Å². The predicted molar refractivity (Wildman–Crippen MR) is 120 cm³/mol. The summed E-state index contributed by atoms with van der Waals surface area (Å²) in [5, 5.41) is 0. The first-order valence-corrected chi connectivity index (χ1v) is 11.7. The largest absolute Gasteiger partial charge is 0.469 e. The molecule has 2 aliphatic rings. The molecule has 184 valence electrons. The zero-order chi connectivity index (χ0) is 24.0. The number of carbonyl (C=O) groups excluding carboxylic acids is 3. The van der Waals surface area contributed by atoms with E-state index in [9.17, 15) is 14.4 Å². The lowest BCUT2D eigenvalue weighted by atomic mass is 9.96. The average molecular weight is 465 g/mol. The lowest BCUT2D eigenvalue weighted by molar-refractivity contribution is -0.142. The first-order chi connectivity index (χ1) is 15.7. The van der Waals surface area contributed by atoms with Crippen molar-refractivity contribution in [3.63, 3.8) is 0 Å². The molecule has 1 N–H and O–H groups in total. The molecule has 2 aliphatic heterocycles. The molecule has 3 rings (SSSR count). The smallest absolute Gasteiger partial charge is 0.410 e. The second kappa shape index (κ2) is 11.0. The number of nitrogens with one attached hydrogen (secondary N) is 1. The van der Waals surface area contributed by atoms with Gasteiger partial charge in [0.15, 0.2) is 0 Å². The number of aromatic nitrogens is 2. The van der Waals surface area contributed by atoms with Gasteiger partial charge in [-0.15, -0.1) is 0 Å². The van der Waals surface area contributed by atoms with Crippen LogP contribution in [0.5, 0.6) is 0 Å². The number of H-pyrrole nitrogens is 1. The highest BCUT2D eigenvalue weighted by molar-refractivity contribution is 5.92. The van der Waals surface area contributed by atoms with E-state index >= 15 is 0 Å². The third-order valence-electron chi connectivity index (χ3n) is 5.98. The molecule has 0 aliphatic carbocycles. The van der Waals surface area contributed by atoms with Gasteiger partial charge in [0.05, 0.1) is 32.4 Å². The molecule has 1 aromatic heterocycles. The predicted octanol–water partition coefficient (Wildman–Crippen LogP) is 2.71. The fraction of sp³-hybridized carbons (Fsp3) is 0.739. The molecule has 1 aromatic rings. The Kier molecular flexibility index (Phi) is 8.34. The molecule has 10 nitrogen and oxygen atoms in total. The number of rotatable bonds is 6. The van der Waals surface area contributed by atoms with Gasteiger partial charge in [-0.1, -0.05) is 0 Å². The standard InChI is InChI=1S/C23H36N4O6/c1-23(2,3)33-22(30)27-10-5-16(6-11-27)20-24-15-18(25-20)21(29)26-12-7-17(8-13-26)32-14-9-19(28)31-4/h15-17H,5-14H2,1-4H3,(H,24,25). The minimum absolute atomic E-state index is 0.0474. The number of hydrogen-bond acceptors (Lipinski definition) is 7. The lowest BCUT2D eigenvalue weighted by Gasteiger charge is -2.33. The number of esters is 1. The van der Waals surface area contributed by atoms with Crippen molar-refractivity contribution in [2.24, 2.45) is 0 Å². The Morgan fingerprint density at radius 3 is 2.30 bits per heavy atom. The van der Waals surface area contributed by atoms with Gasteiger partial charge in [-0.3, -0.25) is 9.59 Å². The van der Waals surface area contributed by atoms with Crippen molar-refractivity contribution < 1.29 is 28.6 Å². The normalized spacial score (nSPS) is 18.3. The molecular formula is C23H36N4O6. The highest BCUT2D eigenvalue weighted by atomic mass is 16.6. The van der Waals surface area contributed by atoms with Crippen molar-refractivity contribution in [2.75, 3.05) is 39.9 Å². The van der Waals surface area contributed by atoms with Crippen LogP contribution < -0.4 is 0 Å². The molecule has 0 bridgehead atoms. The summed E-state index contributed by atoms with van der Waals surface area (Å²) >= 11 is 0. The summed E-state index contributed by atoms with van der Waals surface area (Å²) < 4.78 is 15.8. The Hall–Kier alpha value is -2.62. The summed E-state index contributed by atoms with van der Waals surface area (Å²) in [6, 6.07) is 0. The maximum absolute atomic E-state index is 12.9. The van der Waals surface area contributed by atoms with Gasteiger partial charge in [-0.25, -0.2) is 9.78 Å². The molecule has 33 heavy (non-hydrogen) atoms. The van der Waals surface area contributed by atoms with Crippen LogP contribution in [0.15, 0.2) is 6.20 Å². The molecule has 2 fully saturated rings. The second-order valence-corrected chi connectivity index (χ2v) is 9.61. The van der Waals surface area contributed by atoms with E-state index in [2.05, 4.69) is 14.7 Å². The van der Waals surface area contributed by atoms with Gasteiger partial charge in [-0.2, -0.15) is 0 Å². The summed E-state index contributed by atoms with van der Waals surface area (Å²) in [6.45, 7) is 8.33. The molecule has 0 saturated carbocycles. The number of piperidine rings is 2. The number of carbonyl (C=O) groups is 3. The number of amides is 2. The molecule has 10 heteroatoms. The van der Waals surface area contributed by atoms with Gasteiger partial charge in [0, 0.05) is 32.1 Å². The van der Waals surface area contributed by atoms with Crippen molar-refractivity contribution in [1.29, 1.82) is 0 Å². The Morgan fingerprint density at radius 2 is 1.70 bits per heavy atom. The van der Waals surface area contributed by atoms with Crippen LogP contribution in [-0.2, 0) is 19.0 Å². The molecule has 0 aromatic carbocycles. The van der Waals surface area contributed by atoms with Crippen LogP contribution in [-0.4, -0.2) is 89.3 Å². The SMILES string of the molecule is COC(=O)CCOC1CCN(C(=O)c2cnc(C3CCN(C(=O)OC(C)(C)C)CC3)[nH]2)CC1. The van der Waals surface area contributed by atoms with E-state index in [0.29, 0.717) is 38.5 Å². The Balaban J connectivity index is 1.44. The van der Waals surface area contributed by atoms with Gasteiger partial charge in [0.1, 0.15) is 17.1 Å². The molecule has 2 saturated heterocycles. The first kappa shape index (κ1) is 25.0. The van der Waals surface area contributed by atoms with Crippen LogP contribution in [0, 0.1) is 0 Å². The van der Waals surface area contributed by atoms with Crippen LogP contribution >= 0.6 is 0 Å². The minimum Gasteiger partial charge on any atom is -0.469 e. The summed E-state index contributed by atoms with van der Waals surface area (Å²) in [7, 11) is 1.36. The summed E-state index contributed by atoms with van der Waals surface area (Å²) in [6.07, 6.45) is 4.62. The van der Waals surface area contributed by atoms with E-state index in [1.54, 1.807) is 11.1 Å². The number of aromatic amines is 1. The van der Waals surface area contributed by atoms with Gasteiger partial charge < -0.3 is 29.0 Å². The highest BCUT2D eigenvalue weighted by Crippen LogP contribution is 2.27. The minimum atomic E-state index is -0.506. The molecule has 2 amide bonds. The summed E-state index contributed by atoms with van der Waals surface area (Å²) in [5.74, 6) is 0.628. The fourth-order valence-corrected chi connectivity index (χ4v) is 4.12. The second-order valence-electron chi connectivity index (χ2n) is 9.61. The quantitative estimate of drug-likeness (QED) is 0.644. The molecule has 0 spiro atoms. The Labute approximate surface area is 194 Å². The van der Waals surface area contributed by atoms with Crippen molar-refractivity contribution in [3.05, 3.63) is 17.7 Å². The van der Waals surface area contributed by atoms with Crippen LogP contribution in [0.1, 0.15) is 75.1 Å². The van der Waals surface area contributed by atoms with Crippen molar-refractivity contribution in [2.45, 2.75) is 70.5 Å². The van der Waals surface area contributed by atoms with E-state index < -0.39 is 5.60 Å².